The van der Waals surface area contributed by atoms with Gasteiger partial charge in [0, 0.05) is 18.9 Å². The van der Waals surface area contributed by atoms with E-state index in [1.54, 1.807) is 39.0 Å². The number of amides is 2. The van der Waals surface area contributed by atoms with Gasteiger partial charge in [-0.25, -0.2) is 14.4 Å². The van der Waals surface area contributed by atoms with Crippen LogP contribution < -0.4 is 10.6 Å². The number of aliphatic carboxylic acids is 1. The summed E-state index contributed by atoms with van der Waals surface area (Å²) in [7, 11) is 0. The van der Waals surface area contributed by atoms with Gasteiger partial charge >= 0.3 is 18.2 Å². The molecule has 0 aliphatic heterocycles. The van der Waals surface area contributed by atoms with Gasteiger partial charge in [0.25, 0.3) is 0 Å². The molecule has 0 radical (unpaired) electrons. The highest BCUT2D eigenvalue weighted by Crippen LogP contribution is 2.44. The molecule has 0 fully saturated rings. The number of alkyl carbamates (subject to hydrolysis) is 2. The van der Waals surface area contributed by atoms with E-state index in [0.29, 0.717) is 5.56 Å². The normalized spacial score (nSPS) is 13.1. The zero-order valence-electron chi connectivity index (χ0n) is 21.7. The second-order valence-corrected chi connectivity index (χ2v) is 10.2. The minimum atomic E-state index is -1.18. The molecule has 8 heteroatoms. The van der Waals surface area contributed by atoms with E-state index < -0.39 is 29.8 Å². The number of nitrogens with one attached hydrogen (secondary N) is 2. The van der Waals surface area contributed by atoms with E-state index >= 15 is 0 Å². The maximum atomic E-state index is 12.6. The molecule has 3 aromatic rings. The van der Waals surface area contributed by atoms with Crippen molar-refractivity contribution in [1.29, 1.82) is 0 Å². The Labute approximate surface area is 222 Å². The third-order valence-corrected chi connectivity index (χ3v) is 6.20. The predicted octanol–water partition coefficient (Wildman–Crippen LogP) is 5.25. The average molecular weight is 517 g/mol. The molecule has 1 atom stereocenters. The number of hydrogen-bond acceptors (Lipinski definition) is 5. The lowest BCUT2D eigenvalue weighted by Gasteiger charge is -2.20. The monoisotopic (exact) mass is 516 g/mol. The Hall–Kier alpha value is -4.33. The van der Waals surface area contributed by atoms with Crippen LogP contribution >= 0.6 is 0 Å². The summed E-state index contributed by atoms with van der Waals surface area (Å²) in [6.45, 7) is 5.66. The smallest absolute Gasteiger partial charge is 0.407 e. The van der Waals surface area contributed by atoms with Gasteiger partial charge in [0.15, 0.2) is 0 Å². The molecule has 2 amide bonds. The van der Waals surface area contributed by atoms with Crippen LogP contribution in [0.5, 0.6) is 0 Å². The summed E-state index contributed by atoms with van der Waals surface area (Å²) in [5.74, 6) is -1.29. The molecule has 0 saturated carbocycles. The van der Waals surface area contributed by atoms with Crippen molar-refractivity contribution in [2.45, 2.75) is 51.3 Å². The van der Waals surface area contributed by atoms with Gasteiger partial charge in [0.2, 0.25) is 0 Å². The quantitative estimate of drug-likeness (QED) is 0.377. The summed E-state index contributed by atoms with van der Waals surface area (Å²) in [6, 6.07) is 22.0. The molecular formula is C30H32N2O6. The molecule has 0 bridgehead atoms. The second-order valence-electron chi connectivity index (χ2n) is 10.2. The molecule has 1 aliphatic carbocycles. The minimum absolute atomic E-state index is 0.0554. The lowest BCUT2D eigenvalue weighted by atomic mass is 9.98. The van der Waals surface area contributed by atoms with Crippen LogP contribution in [-0.4, -0.2) is 41.5 Å². The van der Waals surface area contributed by atoms with Crippen molar-refractivity contribution in [2.24, 2.45) is 0 Å². The predicted molar refractivity (Wildman–Crippen MR) is 143 cm³/mol. The standard InChI is InChI=1S/C30H32N2O6/c1-30(2,3)38-28(35)31-17-20-10-8-9-19(15-20)16-26(27(33)34)32-29(36)37-18-25-23-13-6-4-11-21(23)22-12-5-7-14-24(22)25/h4-15,25-26H,16-18H2,1-3H3,(H,31,35)(H,32,36)(H,33,34). The molecule has 4 rings (SSSR count). The van der Waals surface area contributed by atoms with Gasteiger partial charge in [-0.15, -0.1) is 0 Å². The summed E-state index contributed by atoms with van der Waals surface area (Å²) < 4.78 is 10.8. The lowest BCUT2D eigenvalue weighted by molar-refractivity contribution is -0.139. The molecule has 0 heterocycles. The van der Waals surface area contributed by atoms with Crippen LogP contribution in [0.25, 0.3) is 11.1 Å². The Morgan fingerprint density at radius 1 is 0.868 bits per heavy atom. The molecule has 198 valence electrons. The number of carbonyl (C=O) groups excluding carboxylic acids is 2. The third-order valence-electron chi connectivity index (χ3n) is 6.20. The van der Waals surface area contributed by atoms with E-state index in [-0.39, 0.29) is 25.5 Å². The summed E-state index contributed by atoms with van der Waals surface area (Å²) in [6.07, 6.45) is -1.27. The maximum Gasteiger partial charge on any atom is 0.407 e. The minimum Gasteiger partial charge on any atom is -0.480 e. The zero-order chi connectivity index (χ0) is 27.3. The van der Waals surface area contributed by atoms with Crippen LogP contribution in [0.15, 0.2) is 72.8 Å². The van der Waals surface area contributed by atoms with E-state index in [2.05, 4.69) is 10.6 Å². The number of fused-ring (bicyclic) bond motifs is 3. The van der Waals surface area contributed by atoms with Gasteiger partial charge in [-0.2, -0.15) is 0 Å². The zero-order valence-corrected chi connectivity index (χ0v) is 21.7. The first-order valence-corrected chi connectivity index (χ1v) is 12.5. The van der Waals surface area contributed by atoms with Crippen LogP contribution in [0, 0.1) is 0 Å². The molecular weight excluding hydrogens is 484 g/mol. The van der Waals surface area contributed by atoms with Crippen molar-refractivity contribution in [3.8, 4) is 11.1 Å². The van der Waals surface area contributed by atoms with E-state index in [9.17, 15) is 19.5 Å². The Morgan fingerprint density at radius 3 is 2.08 bits per heavy atom. The van der Waals surface area contributed by atoms with Crippen molar-refractivity contribution in [2.75, 3.05) is 6.61 Å². The number of hydrogen-bond donors (Lipinski definition) is 3. The number of carbonyl (C=O) groups is 3. The van der Waals surface area contributed by atoms with Gasteiger partial charge in [0.05, 0.1) is 0 Å². The Kier molecular flexibility index (Phi) is 8.00. The van der Waals surface area contributed by atoms with Gasteiger partial charge < -0.3 is 25.2 Å². The number of rotatable bonds is 8. The van der Waals surface area contributed by atoms with E-state index in [1.165, 1.54) is 0 Å². The fraction of sp³-hybridized carbons (Fsp3) is 0.300. The molecule has 3 N–H and O–H groups in total. The van der Waals surface area contributed by atoms with Crippen molar-refractivity contribution >= 4 is 18.2 Å². The van der Waals surface area contributed by atoms with Crippen LogP contribution in [0.3, 0.4) is 0 Å². The number of benzene rings is 3. The van der Waals surface area contributed by atoms with Crippen LogP contribution in [0.4, 0.5) is 9.59 Å². The van der Waals surface area contributed by atoms with Crippen LogP contribution in [-0.2, 0) is 27.2 Å². The molecule has 3 aromatic carbocycles. The molecule has 0 aromatic heterocycles. The summed E-state index contributed by atoms with van der Waals surface area (Å²) in [5.41, 5.74) is 5.24. The Balaban J connectivity index is 1.35. The first-order valence-electron chi connectivity index (χ1n) is 12.5. The second kappa shape index (κ2) is 11.4. The first-order chi connectivity index (χ1) is 18.1. The fourth-order valence-corrected chi connectivity index (χ4v) is 4.57. The lowest BCUT2D eigenvalue weighted by Crippen LogP contribution is -2.43. The number of carboxylic acid groups (broad SMARTS) is 1. The van der Waals surface area contributed by atoms with E-state index in [4.69, 9.17) is 9.47 Å². The number of ether oxygens (including phenoxy) is 2. The molecule has 1 unspecified atom stereocenters. The summed E-state index contributed by atoms with van der Waals surface area (Å²) >= 11 is 0. The van der Waals surface area contributed by atoms with Gasteiger partial charge in [-0.05, 0) is 54.2 Å². The molecule has 38 heavy (non-hydrogen) atoms. The maximum absolute atomic E-state index is 12.6. The van der Waals surface area contributed by atoms with Crippen molar-refractivity contribution in [1.82, 2.24) is 10.6 Å². The number of carboxylic acids is 1. The summed E-state index contributed by atoms with van der Waals surface area (Å²) in [5, 5.41) is 14.9. The van der Waals surface area contributed by atoms with Gasteiger partial charge in [0.1, 0.15) is 18.2 Å². The van der Waals surface area contributed by atoms with Crippen molar-refractivity contribution < 1.29 is 29.0 Å². The molecule has 1 aliphatic rings. The SMILES string of the molecule is CC(C)(C)OC(=O)NCc1cccc(CC(NC(=O)OCC2c3ccccc3-c3ccccc32)C(=O)O)c1. The summed E-state index contributed by atoms with van der Waals surface area (Å²) in [4.78, 5) is 36.5. The Morgan fingerprint density at radius 2 is 1.47 bits per heavy atom. The Bertz CT molecular complexity index is 1280. The van der Waals surface area contributed by atoms with Crippen LogP contribution in [0.1, 0.15) is 48.9 Å². The van der Waals surface area contributed by atoms with Crippen molar-refractivity contribution in [3.63, 3.8) is 0 Å². The van der Waals surface area contributed by atoms with Crippen molar-refractivity contribution in [3.05, 3.63) is 95.1 Å². The molecule has 0 spiro atoms. The van der Waals surface area contributed by atoms with E-state index in [1.807, 2.05) is 54.6 Å². The average Bonchev–Trinajstić information content (AvgIpc) is 3.19. The highest BCUT2D eigenvalue weighted by molar-refractivity contribution is 5.81. The topological polar surface area (TPSA) is 114 Å². The first kappa shape index (κ1) is 26.7. The van der Waals surface area contributed by atoms with Gasteiger partial charge in [-0.3, -0.25) is 0 Å². The highest BCUT2D eigenvalue weighted by Gasteiger charge is 2.30. The van der Waals surface area contributed by atoms with E-state index in [0.717, 1.165) is 27.8 Å². The molecule has 0 saturated heterocycles. The molecule has 8 nitrogen and oxygen atoms in total. The third kappa shape index (κ3) is 6.70. The highest BCUT2D eigenvalue weighted by atomic mass is 16.6. The fourth-order valence-electron chi connectivity index (χ4n) is 4.57. The largest absolute Gasteiger partial charge is 0.480 e. The van der Waals surface area contributed by atoms with Gasteiger partial charge in [-0.1, -0.05) is 72.8 Å². The van der Waals surface area contributed by atoms with Crippen LogP contribution in [0.2, 0.25) is 0 Å².